The second kappa shape index (κ2) is 2.24. The van der Waals surface area contributed by atoms with Crippen LogP contribution in [-0.4, -0.2) is 11.1 Å². The summed E-state index contributed by atoms with van der Waals surface area (Å²) in [6, 6.07) is 7.65. The molecule has 0 spiro atoms. The highest BCUT2D eigenvalue weighted by Gasteiger charge is 2.34. The van der Waals surface area contributed by atoms with E-state index in [0.717, 1.165) is 12.0 Å². The van der Waals surface area contributed by atoms with Crippen molar-refractivity contribution < 1.29 is 5.11 Å². The van der Waals surface area contributed by atoms with E-state index >= 15 is 0 Å². The Hall–Kier alpha value is -1.02. The lowest BCUT2D eigenvalue weighted by molar-refractivity contribution is 0.474. The van der Waals surface area contributed by atoms with Crippen molar-refractivity contribution in [3.05, 3.63) is 29.8 Å². The van der Waals surface area contributed by atoms with Crippen LogP contribution in [0.5, 0.6) is 5.75 Å². The topological polar surface area (TPSA) is 46.2 Å². The van der Waals surface area contributed by atoms with Gasteiger partial charge in [0.2, 0.25) is 0 Å². The van der Waals surface area contributed by atoms with Gasteiger partial charge < -0.3 is 10.8 Å². The summed E-state index contributed by atoms with van der Waals surface area (Å²) in [6.45, 7) is 0. The average molecular weight is 149 g/mol. The molecule has 1 aromatic carbocycles. The van der Waals surface area contributed by atoms with Crippen molar-refractivity contribution >= 4 is 0 Å². The van der Waals surface area contributed by atoms with E-state index in [1.165, 1.54) is 0 Å². The Kier molecular flexibility index (Phi) is 1.36. The Morgan fingerprint density at radius 3 is 2.73 bits per heavy atom. The Bertz CT molecular complexity index is 272. The summed E-state index contributed by atoms with van der Waals surface area (Å²) in [5, 5.41) is 9.14. The van der Waals surface area contributed by atoms with Crippen LogP contribution in [-0.2, 0) is 0 Å². The minimum Gasteiger partial charge on any atom is -0.508 e. The van der Waals surface area contributed by atoms with Crippen LogP contribution in [0.15, 0.2) is 24.3 Å². The van der Waals surface area contributed by atoms with Gasteiger partial charge in [-0.05, 0) is 24.1 Å². The fraction of sp³-hybridized carbons (Fsp3) is 0.333. The lowest BCUT2D eigenvalue weighted by Gasteiger charge is -1.97. The normalized spacial score (nSPS) is 28.5. The van der Waals surface area contributed by atoms with Gasteiger partial charge in [-0.15, -0.1) is 0 Å². The summed E-state index contributed by atoms with van der Waals surface area (Å²) in [6.07, 6.45) is 1.06. The number of nitrogens with two attached hydrogens (primary N) is 1. The van der Waals surface area contributed by atoms with Crippen LogP contribution >= 0.6 is 0 Å². The molecule has 1 aromatic rings. The summed E-state index contributed by atoms with van der Waals surface area (Å²) >= 11 is 0. The first-order valence-corrected chi connectivity index (χ1v) is 3.82. The van der Waals surface area contributed by atoms with Crippen molar-refractivity contribution in [3.8, 4) is 5.75 Å². The number of phenolic OH excluding ortho intramolecular Hbond substituents is 1. The largest absolute Gasteiger partial charge is 0.508 e. The molecule has 1 saturated carbocycles. The molecule has 0 bridgehead atoms. The zero-order valence-corrected chi connectivity index (χ0v) is 6.20. The molecule has 1 aliphatic rings. The lowest BCUT2D eigenvalue weighted by Crippen LogP contribution is -2.00. The van der Waals surface area contributed by atoms with Gasteiger partial charge in [-0.2, -0.15) is 0 Å². The van der Waals surface area contributed by atoms with Crippen molar-refractivity contribution in [1.82, 2.24) is 0 Å². The maximum Gasteiger partial charge on any atom is 0.115 e. The Morgan fingerprint density at radius 1 is 1.45 bits per heavy atom. The molecule has 2 heteroatoms. The van der Waals surface area contributed by atoms with Gasteiger partial charge in [-0.25, -0.2) is 0 Å². The van der Waals surface area contributed by atoms with Crippen molar-refractivity contribution in [1.29, 1.82) is 0 Å². The van der Waals surface area contributed by atoms with Gasteiger partial charge >= 0.3 is 0 Å². The Labute approximate surface area is 65.7 Å². The van der Waals surface area contributed by atoms with Gasteiger partial charge in [0.1, 0.15) is 5.75 Å². The third-order valence-corrected chi connectivity index (χ3v) is 2.14. The first-order chi connectivity index (χ1) is 5.27. The molecule has 1 aliphatic carbocycles. The first-order valence-electron chi connectivity index (χ1n) is 3.82. The van der Waals surface area contributed by atoms with E-state index in [1.54, 1.807) is 12.1 Å². The smallest absolute Gasteiger partial charge is 0.115 e. The third kappa shape index (κ3) is 1.21. The molecule has 0 aromatic heterocycles. The fourth-order valence-electron chi connectivity index (χ4n) is 1.35. The minimum absolute atomic E-state index is 0.316. The van der Waals surface area contributed by atoms with Crippen molar-refractivity contribution in [2.45, 2.75) is 18.4 Å². The van der Waals surface area contributed by atoms with Crippen LogP contribution in [0.25, 0.3) is 0 Å². The molecule has 1 unspecified atom stereocenters. The average Bonchev–Trinajstić information content (AvgIpc) is 2.67. The van der Waals surface area contributed by atoms with E-state index in [4.69, 9.17) is 10.8 Å². The maximum atomic E-state index is 9.14. The highest BCUT2D eigenvalue weighted by atomic mass is 16.3. The second-order valence-electron chi connectivity index (χ2n) is 3.10. The van der Waals surface area contributed by atoms with Gasteiger partial charge in [0.05, 0.1) is 0 Å². The standard InChI is InChI=1S/C9H11NO/c10-9-5-8(9)6-2-1-3-7(11)4-6/h1-4,8-9,11H,5,10H2/t8?,9-/m1/s1. The molecule has 2 atom stereocenters. The number of benzene rings is 1. The fourth-order valence-corrected chi connectivity index (χ4v) is 1.35. The predicted octanol–water partition coefficient (Wildman–Crippen LogP) is 1.21. The van der Waals surface area contributed by atoms with Gasteiger partial charge in [0.15, 0.2) is 0 Å². The molecule has 2 rings (SSSR count). The molecular weight excluding hydrogens is 138 g/mol. The van der Waals surface area contributed by atoms with Crippen LogP contribution in [0, 0.1) is 0 Å². The summed E-state index contributed by atoms with van der Waals surface area (Å²) in [5.74, 6) is 0.823. The van der Waals surface area contributed by atoms with Gasteiger partial charge in [0, 0.05) is 12.0 Å². The van der Waals surface area contributed by atoms with Crippen molar-refractivity contribution in [2.75, 3.05) is 0 Å². The van der Waals surface area contributed by atoms with Crippen LogP contribution in [0.3, 0.4) is 0 Å². The second-order valence-corrected chi connectivity index (χ2v) is 3.10. The SMILES string of the molecule is N[C@@H]1CC1c1cccc(O)c1. The zero-order valence-electron chi connectivity index (χ0n) is 6.20. The number of aromatic hydroxyl groups is 1. The zero-order chi connectivity index (χ0) is 7.84. The number of hydrogen-bond acceptors (Lipinski definition) is 2. The molecule has 1 fully saturated rings. The molecule has 0 saturated heterocycles. The summed E-state index contributed by atoms with van der Waals surface area (Å²) in [4.78, 5) is 0. The molecule has 0 amide bonds. The van der Waals surface area contributed by atoms with Crippen molar-refractivity contribution in [3.63, 3.8) is 0 Å². The predicted molar refractivity (Wildman–Crippen MR) is 43.4 cm³/mol. The van der Waals surface area contributed by atoms with Crippen molar-refractivity contribution in [2.24, 2.45) is 5.73 Å². The van der Waals surface area contributed by atoms with E-state index in [-0.39, 0.29) is 0 Å². The maximum absolute atomic E-state index is 9.14. The van der Waals surface area contributed by atoms with E-state index in [2.05, 4.69) is 0 Å². The van der Waals surface area contributed by atoms with E-state index in [0.29, 0.717) is 17.7 Å². The lowest BCUT2D eigenvalue weighted by atomic mass is 10.1. The number of phenols is 1. The summed E-state index contributed by atoms with van der Waals surface area (Å²) in [7, 11) is 0. The van der Waals surface area contributed by atoms with Crippen LogP contribution in [0.2, 0.25) is 0 Å². The highest BCUT2D eigenvalue weighted by molar-refractivity contribution is 5.34. The van der Waals surface area contributed by atoms with Crippen LogP contribution in [0.4, 0.5) is 0 Å². The molecule has 2 nitrogen and oxygen atoms in total. The monoisotopic (exact) mass is 149 g/mol. The number of hydrogen-bond donors (Lipinski definition) is 2. The van der Waals surface area contributed by atoms with E-state index in [9.17, 15) is 0 Å². The molecular formula is C9H11NO. The Morgan fingerprint density at radius 2 is 2.18 bits per heavy atom. The molecule has 3 N–H and O–H groups in total. The molecule has 0 radical (unpaired) electrons. The molecule has 0 aliphatic heterocycles. The first kappa shape index (κ1) is 6.68. The highest BCUT2D eigenvalue weighted by Crippen LogP contribution is 2.39. The summed E-state index contributed by atoms with van der Waals surface area (Å²) in [5.41, 5.74) is 6.83. The van der Waals surface area contributed by atoms with E-state index < -0.39 is 0 Å². The quantitative estimate of drug-likeness (QED) is 0.630. The van der Waals surface area contributed by atoms with Crippen LogP contribution in [0.1, 0.15) is 17.9 Å². The van der Waals surface area contributed by atoms with Gasteiger partial charge in [0.25, 0.3) is 0 Å². The summed E-state index contributed by atoms with van der Waals surface area (Å²) < 4.78 is 0. The van der Waals surface area contributed by atoms with Gasteiger partial charge in [-0.1, -0.05) is 12.1 Å². The molecule has 11 heavy (non-hydrogen) atoms. The van der Waals surface area contributed by atoms with Crippen LogP contribution < -0.4 is 5.73 Å². The Balaban J connectivity index is 2.25. The molecule has 58 valence electrons. The minimum atomic E-state index is 0.316. The van der Waals surface area contributed by atoms with E-state index in [1.807, 2.05) is 12.1 Å². The molecule has 0 heterocycles. The third-order valence-electron chi connectivity index (χ3n) is 2.14. The van der Waals surface area contributed by atoms with Gasteiger partial charge in [-0.3, -0.25) is 0 Å². The number of rotatable bonds is 1.